The number of hydrogen-bond donors (Lipinski definition) is 2. The SMILES string of the molecule is BrCc1ccccc1.O=C(O)c1ccc(-c2ccc(O)cc2)cc1.O=C(OCc1ccccc1)c1ccc(-c2ccc(OCc3ccccc3)cc2)cc1. The average Bonchev–Trinajstić information content (AvgIpc) is 3.24. The molecule has 0 radical (unpaired) electrons. The highest BCUT2D eigenvalue weighted by atomic mass is 79.9. The maximum Gasteiger partial charge on any atom is 0.338 e. The molecule has 54 heavy (non-hydrogen) atoms. The Balaban J connectivity index is 0.000000193. The summed E-state index contributed by atoms with van der Waals surface area (Å²) in [5.74, 6) is -0.220. The van der Waals surface area contributed by atoms with Gasteiger partial charge >= 0.3 is 11.9 Å². The molecule has 0 atom stereocenters. The number of alkyl halides is 1. The van der Waals surface area contributed by atoms with Crippen LogP contribution in [0.1, 0.15) is 37.4 Å². The molecule has 7 rings (SSSR count). The summed E-state index contributed by atoms with van der Waals surface area (Å²) in [4.78, 5) is 22.9. The molecule has 0 amide bonds. The number of rotatable bonds is 10. The number of phenols is 1. The lowest BCUT2D eigenvalue weighted by Crippen LogP contribution is -2.05. The van der Waals surface area contributed by atoms with E-state index in [1.807, 2.05) is 115 Å². The van der Waals surface area contributed by atoms with E-state index in [0.717, 1.165) is 44.5 Å². The second-order valence-corrected chi connectivity index (χ2v) is 12.5. The molecule has 0 aliphatic carbocycles. The number of hydrogen-bond acceptors (Lipinski definition) is 5. The Morgan fingerprint density at radius 1 is 0.463 bits per heavy atom. The molecule has 0 heterocycles. The monoisotopic (exact) mass is 778 g/mol. The third-order valence-electron chi connectivity index (χ3n) is 8.10. The van der Waals surface area contributed by atoms with Gasteiger partial charge in [-0.2, -0.15) is 0 Å². The van der Waals surface area contributed by atoms with Crippen LogP contribution < -0.4 is 4.74 Å². The van der Waals surface area contributed by atoms with Crippen LogP contribution in [0.3, 0.4) is 0 Å². The molecule has 7 aromatic carbocycles. The second kappa shape index (κ2) is 20.6. The number of ether oxygens (including phenoxy) is 2. The van der Waals surface area contributed by atoms with Gasteiger partial charge in [0.1, 0.15) is 24.7 Å². The van der Waals surface area contributed by atoms with E-state index in [-0.39, 0.29) is 23.9 Å². The predicted molar refractivity (Wildman–Crippen MR) is 218 cm³/mol. The van der Waals surface area contributed by atoms with Crippen LogP contribution in [0.25, 0.3) is 22.3 Å². The van der Waals surface area contributed by atoms with Gasteiger partial charge < -0.3 is 19.7 Å². The lowest BCUT2D eigenvalue weighted by Gasteiger charge is -2.08. The number of phenolic OH excluding ortho intramolecular Hbond substituents is 1. The van der Waals surface area contributed by atoms with Crippen LogP contribution in [0, 0.1) is 0 Å². The largest absolute Gasteiger partial charge is 0.508 e. The highest BCUT2D eigenvalue weighted by molar-refractivity contribution is 9.08. The van der Waals surface area contributed by atoms with Crippen molar-refractivity contribution < 1.29 is 29.3 Å². The molecule has 7 heteroatoms. The zero-order valence-electron chi connectivity index (χ0n) is 29.4. The van der Waals surface area contributed by atoms with E-state index in [1.54, 1.807) is 60.7 Å². The minimum absolute atomic E-state index is 0.214. The van der Waals surface area contributed by atoms with E-state index in [0.29, 0.717) is 12.2 Å². The Bertz CT molecular complexity index is 2150. The Kier molecular flexibility index (Phi) is 14.8. The molecule has 0 aliphatic rings. The van der Waals surface area contributed by atoms with Gasteiger partial charge in [0.15, 0.2) is 0 Å². The molecular formula is C47H39BrO6. The number of esters is 1. The van der Waals surface area contributed by atoms with Crippen LogP contribution in [-0.4, -0.2) is 22.2 Å². The fourth-order valence-electron chi connectivity index (χ4n) is 5.12. The summed E-state index contributed by atoms with van der Waals surface area (Å²) in [6.45, 7) is 0.811. The van der Waals surface area contributed by atoms with Crippen molar-refractivity contribution in [2.24, 2.45) is 0 Å². The molecular weight excluding hydrogens is 740 g/mol. The highest BCUT2D eigenvalue weighted by Gasteiger charge is 2.08. The van der Waals surface area contributed by atoms with E-state index in [4.69, 9.17) is 19.7 Å². The Labute approximate surface area is 324 Å². The molecule has 2 N–H and O–H groups in total. The van der Waals surface area contributed by atoms with Gasteiger partial charge in [-0.15, -0.1) is 0 Å². The Morgan fingerprint density at radius 2 is 0.852 bits per heavy atom. The molecule has 0 bridgehead atoms. The average molecular weight is 780 g/mol. The van der Waals surface area contributed by atoms with Crippen LogP contribution in [0.2, 0.25) is 0 Å². The lowest BCUT2D eigenvalue weighted by atomic mass is 10.0. The first-order valence-electron chi connectivity index (χ1n) is 17.2. The van der Waals surface area contributed by atoms with Gasteiger partial charge in [0.25, 0.3) is 0 Å². The van der Waals surface area contributed by atoms with Crippen LogP contribution in [-0.2, 0) is 23.3 Å². The van der Waals surface area contributed by atoms with Gasteiger partial charge in [0.2, 0.25) is 0 Å². The fourth-order valence-corrected chi connectivity index (χ4v) is 5.49. The van der Waals surface area contributed by atoms with Crippen LogP contribution in [0.15, 0.2) is 188 Å². The first kappa shape index (κ1) is 38.8. The summed E-state index contributed by atoms with van der Waals surface area (Å²) in [5, 5.41) is 18.8. The summed E-state index contributed by atoms with van der Waals surface area (Å²) >= 11 is 3.36. The molecule has 270 valence electrons. The van der Waals surface area contributed by atoms with Gasteiger partial charge in [-0.1, -0.05) is 155 Å². The maximum absolute atomic E-state index is 12.3. The van der Waals surface area contributed by atoms with E-state index >= 15 is 0 Å². The highest BCUT2D eigenvalue weighted by Crippen LogP contribution is 2.24. The number of carbonyl (C=O) groups is 2. The zero-order chi connectivity index (χ0) is 38.0. The molecule has 0 fully saturated rings. The topological polar surface area (TPSA) is 93.1 Å². The van der Waals surface area contributed by atoms with E-state index in [9.17, 15) is 9.59 Å². The lowest BCUT2D eigenvalue weighted by molar-refractivity contribution is 0.0472. The Morgan fingerprint density at radius 3 is 1.28 bits per heavy atom. The quantitative estimate of drug-likeness (QED) is 0.106. The molecule has 7 aromatic rings. The number of carboxylic acid groups (broad SMARTS) is 1. The summed E-state index contributed by atoms with van der Waals surface area (Å²) < 4.78 is 11.2. The van der Waals surface area contributed by atoms with E-state index in [1.165, 1.54) is 5.56 Å². The van der Waals surface area contributed by atoms with Crippen molar-refractivity contribution in [1.29, 1.82) is 0 Å². The van der Waals surface area contributed by atoms with Crippen molar-refractivity contribution in [3.8, 4) is 33.8 Å². The maximum atomic E-state index is 12.3. The number of benzene rings is 7. The molecule has 0 saturated carbocycles. The van der Waals surface area contributed by atoms with Crippen LogP contribution in [0.5, 0.6) is 11.5 Å². The van der Waals surface area contributed by atoms with Gasteiger partial charge in [-0.3, -0.25) is 0 Å². The third-order valence-corrected chi connectivity index (χ3v) is 8.75. The molecule has 6 nitrogen and oxygen atoms in total. The number of halogens is 1. The van der Waals surface area contributed by atoms with Crippen LogP contribution in [0.4, 0.5) is 0 Å². The third kappa shape index (κ3) is 12.4. The van der Waals surface area contributed by atoms with Crippen LogP contribution >= 0.6 is 15.9 Å². The normalized spacial score (nSPS) is 10.1. The molecule has 0 spiro atoms. The number of aromatic carboxylic acids is 1. The van der Waals surface area contributed by atoms with Gasteiger partial charge in [0.05, 0.1) is 11.1 Å². The van der Waals surface area contributed by atoms with Crippen molar-refractivity contribution in [2.45, 2.75) is 18.5 Å². The van der Waals surface area contributed by atoms with Gasteiger partial charge in [0, 0.05) is 5.33 Å². The Hall–Kier alpha value is -6.44. The minimum Gasteiger partial charge on any atom is -0.508 e. The molecule has 0 unspecified atom stereocenters. The number of carboxylic acids is 1. The van der Waals surface area contributed by atoms with Gasteiger partial charge in [-0.25, -0.2) is 9.59 Å². The molecule has 0 saturated heterocycles. The van der Waals surface area contributed by atoms with Crippen molar-refractivity contribution in [1.82, 2.24) is 0 Å². The molecule has 0 aromatic heterocycles. The van der Waals surface area contributed by atoms with Crippen molar-refractivity contribution in [3.05, 3.63) is 216 Å². The molecule has 0 aliphatic heterocycles. The first-order valence-corrected chi connectivity index (χ1v) is 18.3. The smallest absolute Gasteiger partial charge is 0.338 e. The summed E-state index contributed by atoms with van der Waals surface area (Å²) in [5.41, 5.74) is 8.19. The number of aromatic hydroxyl groups is 1. The fraction of sp³-hybridized carbons (Fsp3) is 0.0638. The minimum atomic E-state index is -0.933. The summed E-state index contributed by atoms with van der Waals surface area (Å²) in [7, 11) is 0. The second-order valence-electron chi connectivity index (χ2n) is 12.0. The summed E-state index contributed by atoms with van der Waals surface area (Å²) in [6, 6.07) is 58.8. The van der Waals surface area contributed by atoms with E-state index < -0.39 is 5.97 Å². The number of carbonyl (C=O) groups excluding carboxylic acids is 1. The summed E-state index contributed by atoms with van der Waals surface area (Å²) in [6.07, 6.45) is 0. The van der Waals surface area contributed by atoms with Crippen molar-refractivity contribution in [2.75, 3.05) is 0 Å². The predicted octanol–water partition coefficient (Wildman–Crippen LogP) is 11.6. The van der Waals surface area contributed by atoms with Crippen molar-refractivity contribution in [3.63, 3.8) is 0 Å². The first-order chi connectivity index (χ1) is 26.4. The zero-order valence-corrected chi connectivity index (χ0v) is 31.0. The van der Waals surface area contributed by atoms with Crippen molar-refractivity contribution >= 4 is 27.9 Å². The standard InChI is InChI=1S/C27H22O3.C13H10O3.C7H7Br/c28-27(30-20-22-9-5-2-6-10-22)25-13-11-23(12-14-25)24-15-17-26(18-16-24)29-19-21-7-3-1-4-8-21;14-12-7-5-10(6-8-12)9-1-3-11(4-2-9)13(15)16;8-6-7-4-2-1-3-5-7/h1-18H,19-20H2;1-8,14H,(H,15,16);1-5H,6H2. The van der Waals surface area contributed by atoms with E-state index in [2.05, 4.69) is 28.1 Å². The van der Waals surface area contributed by atoms with Gasteiger partial charge in [-0.05, 0) is 87.5 Å².